The highest BCUT2D eigenvalue weighted by Crippen LogP contribution is 2.37. The van der Waals surface area contributed by atoms with E-state index in [-0.39, 0.29) is 11.6 Å². The standard InChI is InChI=1S/C13H21N3O/c14-13(7-5-9(17)6-8-13)12-10-3-1-2-4-11(10)15-16-12/h9,17H,1-8,14H2,(H,15,16). The van der Waals surface area contributed by atoms with Crippen LogP contribution in [-0.4, -0.2) is 21.4 Å². The zero-order valence-electron chi connectivity index (χ0n) is 10.2. The first-order valence-corrected chi connectivity index (χ1v) is 6.72. The summed E-state index contributed by atoms with van der Waals surface area (Å²) in [5.41, 5.74) is 9.96. The molecule has 94 valence electrons. The topological polar surface area (TPSA) is 74.9 Å². The number of H-pyrrole nitrogens is 1. The quantitative estimate of drug-likeness (QED) is 0.688. The lowest BCUT2D eigenvalue weighted by molar-refractivity contribution is 0.0953. The number of fused-ring (bicyclic) bond motifs is 1. The molecule has 0 amide bonds. The monoisotopic (exact) mass is 235 g/mol. The highest BCUT2D eigenvalue weighted by atomic mass is 16.3. The molecule has 0 radical (unpaired) electrons. The maximum atomic E-state index is 9.59. The van der Waals surface area contributed by atoms with Crippen LogP contribution in [0.5, 0.6) is 0 Å². The van der Waals surface area contributed by atoms with Gasteiger partial charge in [0.05, 0.1) is 17.3 Å². The molecule has 0 bridgehead atoms. The summed E-state index contributed by atoms with van der Waals surface area (Å²) in [5, 5.41) is 17.2. The smallest absolute Gasteiger partial charge is 0.0855 e. The summed E-state index contributed by atoms with van der Waals surface area (Å²) in [6, 6.07) is 0. The summed E-state index contributed by atoms with van der Waals surface area (Å²) in [4.78, 5) is 0. The van der Waals surface area contributed by atoms with E-state index in [1.54, 1.807) is 0 Å². The molecule has 0 aliphatic heterocycles. The number of aryl methyl sites for hydroxylation is 1. The van der Waals surface area contributed by atoms with Gasteiger partial charge in [-0.2, -0.15) is 5.10 Å². The molecular formula is C13H21N3O. The molecule has 0 aromatic carbocycles. The maximum Gasteiger partial charge on any atom is 0.0855 e. The van der Waals surface area contributed by atoms with E-state index in [2.05, 4.69) is 10.2 Å². The van der Waals surface area contributed by atoms with E-state index < -0.39 is 0 Å². The van der Waals surface area contributed by atoms with Crippen LogP contribution in [0.3, 0.4) is 0 Å². The van der Waals surface area contributed by atoms with E-state index >= 15 is 0 Å². The molecule has 2 aliphatic rings. The second-order valence-electron chi connectivity index (χ2n) is 5.62. The number of aromatic amines is 1. The van der Waals surface area contributed by atoms with Crippen LogP contribution in [0.25, 0.3) is 0 Å². The molecule has 0 saturated heterocycles. The first-order valence-electron chi connectivity index (χ1n) is 6.72. The number of nitrogens with one attached hydrogen (secondary N) is 1. The Kier molecular flexibility index (Phi) is 2.71. The third-order valence-electron chi connectivity index (χ3n) is 4.38. The fraction of sp³-hybridized carbons (Fsp3) is 0.769. The Bertz CT molecular complexity index is 405. The van der Waals surface area contributed by atoms with Gasteiger partial charge in [-0.1, -0.05) is 0 Å². The van der Waals surface area contributed by atoms with Gasteiger partial charge in [-0.3, -0.25) is 5.10 Å². The summed E-state index contributed by atoms with van der Waals surface area (Å²) in [6.45, 7) is 0. The Balaban J connectivity index is 1.90. The number of nitrogens with zero attached hydrogens (tertiary/aromatic N) is 1. The minimum Gasteiger partial charge on any atom is -0.393 e. The molecule has 0 spiro atoms. The first kappa shape index (κ1) is 11.2. The van der Waals surface area contributed by atoms with Gasteiger partial charge in [0.2, 0.25) is 0 Å². The molecule has 0 atom stereocenters. The zero-order chi connectivity index (χ0) is 11.9. The van der Waals surface area contributed by atoms with E-state index in [0.717, 1.165) is 44.2 Å². The average molecular weight is 235 g/mol. The maximum absolute atomic E-state index is 9.59. The summed E-state index contributed by atoms with van der Waals surface area (Å²) in [7, 11) is 0. The van der Waals surface area contributed by atoms with Crippen molar-refractivity contribution >= 4 is 0 Å². The van der Waals surface area contributed by atoms with E-state index in [0.29, 0.717) is 0 Å². The Morgan fingerprint density at radius 2 is 1.94 bits per heavy atom. The highest BCUT2D eigenvalue weighted by molar-refractivity contribution is 5.33. The van der Waals surface area contributed by atoms with Gasteiger partial charge in [0, 0.05) is 5.69 Å². The third-order valence-corrected chi connectivity index (χ3v) is 4.38. The van der Waals surface area contributed by atoms with Gasteiger partial charge in [-0.25, -0.2) is 0 Å². The number of aromatic nitrogens is 2. The summed E-state index contributed by atoms with van der Waals surface area (Å²) < 4.78 is 0. The molecule has 0 unspecified atom stereocenters. The Labute approximate surface area is 102 Å². The lowest BCUT2D eigenvalue weighted by atomic mass is 9.76. The molecule has 4 nitrogen and oxygen atoms in total. The highest BCUT2D eigenvalue weighted by Gasteiger charge is 2.37. The Morgan fingerprint density at radius 1 is 1.24 bits per heavy atom. The van der Waals surface area contributed by atoms with Crippen LogP contribution < -0.4 is 5.73 Å². The van der Waals surface area contributed by atoms with Gasteiger partial charge in [0.25, 0.3) is 0 Å². The number of aliphatic hydroxyl groups excluding tert-OH is 1. The molecule has 1 heterocycles. The molecule has 17 heavy (non-hydrogen) atoms. The molecule has 1 aromatic rings. The van der Waals surface area contributed by atoms with Gasteiger partial charge in [0.1, 0.15) is 0 Å². The van der Waals surface area contributed by atoms with Crippen molar-refractivity contribution in [1.82, 2.24) is 10.2 Å². The van der Waals surface area contributed by atoms with Gasteiger partial charge in [-0.05, 0) is 56.9 Å². The van der Waals surface area contributed by atoms with Crippen LogP contribution >= 0.6 is 0 Å². The molecule has 1 fully saturated rings. The molecule has 1 saturated carbocycles. The number of hydrogen-bond donors (Lipinski definition) is 3. The Hall–Kier alpha value is -0.870. The lowest BCUT2D eigenvalue weighted by Gasteiger charge is -2.35. The van der Waals surface area contributed by atoms with Crippen LogP contribution in [-0.2, 0) is 18.4 Å². The van der Waals surface area contributed by atoms with Crippen LogP contribution in [0, 0.1) is 0 Å². The van der Waals surface area contributed by atoms with Crippen molar-refractivity contribution in [2.75, 3.05) is 0 Å². The second-order valence-corrected chi connectivity index (χ2v) is 5.62. The normalized spacial score (nSPS) is 33.4. The van der Waals surface area contributed by atoms with Crippen LogP contribution in [0.1, 0.15) is 55.5 Å². The van der Waals surface area contributed by atoms with Crippen molar-refractivity contribution in [2.24, 2.45) is 5.73 Å². The molecule has 4 N–H and O–H groups in total. The SMILES string of the molecule is NC1(c2n[nH]c3c2CCCC3)CCC(O)CC1. The van der Waals surface area contributed by atoms with Crippen LogP contribution in [0.2, 0.25) is 0 Å². The van der Waals surface area contributed by atoms with Crippen molar-refractivity contribution in [2.45, 2.75) is 63.0 Å². The number of hydrogen-bond acceptors (Lipinski definition) is 3. The molecular weight excluding hydrogens is 214 g/mol. The van der Waals surface area contributed by atoms with Gasteiger partial charge in [0.15, 0.2) is 0 Å². The molecule has 4 heteroatoms. The number of aliphatic hydroxyl groups is 1. The van der Waals surface area contributed by atoms with Crippen molar-refractivity contribution in [3.8, 4) is 0 Å². The predicted molar refractivity (Wildman–Crippen MR) is 65.6 cm³/mol. The van der Waals surface area contributed by atoms with Crippen molar-refractivity contribution < 1.29 is 5.11 Å². The van der Waals surface area contributed by atoms with Gasteiger partial charge < -0.3 is 10.8 Å². The number of rotatable bonds is 1. The summed E-state index contributed by atoms with van der Waals surface area (Å²) in [6.07, 6.45) is 7.88. The largest absolute Gasteiger partial charge is 0.393 e. The minimum absolute atomic E-state index is 0.165. The van der Waals surface area contributed by atoms with E-state index in [1.807, 2.05) is 0 Å². The lowest BCUT2D eigenvalue weighted by Crippen LogP contribution is -2.42. The van der Waals surface area contributed by atoms with Gasteiger partial charge in [-0.15, -0.1) is 0 Å². The van der Waals surface area contributed by atoms with Crippen molar-refractivity contribution in [3.63, 3.8) is 0 Å². The first-order chi connectivity index (χ1) is 8.19. The van der Waals surface area contributed by atoms with E-state index in [1.165, 1.54) is 24.1 Å². The fourth-order valence-corrected chi connectivity index (χ4v) is 3.25. The van der Waals surface area contributed by atoms with E-state index in [4.69, 9.17) is 5.73 Å². The molecule has 1 aromatic heterocycles. The Morgan fingerprint density at radius 3 is 2.71 bits per heavy atom. The zero-order valence-corrected chi connectivity index (χ0v) is 10.2. The average Bonchev–Trinajstić information content (AvgIpc) is 2.78. The van der Waals surface area contributed by atoms with Crippen LogP contribution in [0.4, 0.5) is 0 Å². The predicted octanol–water partition coefficient (Wildman–Crippen LogP) is 1.38. The number of nitrogens with two attached hydrogens (primary N) is 1. The second kappa shape index (κ2) is 4.10. The third kappa shape index (κ3) is 1.89. The molecule has 2 aliphatic carbocycles. The van der Waals surface area contributed by atoms with Gasteiger partial charge >= 0.3 is 0 Å². The fourth-order valence-electron chi connectivity index (χ4n) is 3.25. The van der Waals surface area contributed by atoms with E-state index in [9.17, 15) is 5.11 Å². The van der Waals surface area contributed by atoms with Crippen molar-refractivity contribution in [3.05, 3.63) is 17.0 Å². The summed E-state index contributed by atoms with van der Waals surface area (Å²) in [5.74, 6) is 0. The summed E-state index contributed by atoms with van der Waals surface area (Å²) >= 11 is 0. The van der Waals surface area contributed by atoms with Crippen molar-refractivity contribution in [1.29, 1.82) is 0 Å². The van der Waals surface area contributed by atoms with Crippen LogP contribution in [0.15, 0.2) is 0 Å². The minimum atomic E-state index is -0.305. The molecule has 3 rings (SSSR count).